The molecule has 1 aromatic rings. The van der Waals surface area contributed by atoms with Crippen LogP contribution < -0.4 is 14.8 Å². The normalized spacial score (nSPS) is 17.7. The third-order valence-corrected chi connectivity index (χ3v) is 3.68. The highest BCUT2D eigenvalue weighted by Gasteiger charge is 2.16. The van der Waals surface area contributed by atoms with Crippen molar-refractivity contribution in [1.82, 2.24) is 10.2 Å². The Bertz CT molecular complexity index is 500. The number of benzene rings is 1. The predicted octanol–water partition coefficient (Wildman–Crippen LogP) is 0.867. The van der Waals surface area contributed by atoms with Gasteiger partial charge in [-0.3, -0.25) is 9.69 Å². The van der Waals surface area contributed by atoms with Crippen LogP contribution in [0.1, 0.15) is 16.8 Å². The lowest BCUT2D eigenvalue weighted by Gasteiger charge is -2.26. The van der Waals surface area contributed by atoms with E-state index < -0.39 is 0 Å². The number of nitrogens with zero attached hydrogens (tertiary/aromatic N) is 1. The van der Waals surface area contributed by atoms with Crippen LogP contribution in [0.15, 0.2) is 18.2 Å². The molecule has 0 aromatic heterocycles. The summed E-state index contributed by atoms with van der Waals surface area (Å²) in [5, 5.41) is 2.94. The molecule has 1 fully saturated rings. The van der Waals surface area contributed by atoms with E-state index in [2.05, 4.69) is 10.2 Å². The minimum Gasteiger partial charge on any atom is -0.454 e. The van der Waals surface area contributed by atoms with Crippen LogP contribution in [-0.2, 0) is 4.74 Å². The van der Waals surface area contributed by atoms with Crippen LogP contribution in [0.2, 0.25) is 0 Å². The van der Waals surface area contributed by atoms with Crippen molar-refractivity contribution in [3.63, 3.8) is 0 Å². The molecule has 21 heavy (non-hydrogen) atoms. The molecule has 0 bridgehead atoms. The molecular weight excluding hydrogens is 272 g/mol. The van der Waals surface area contributed by atoms with Gasteiger partial charge in [-0.1, -0.05) is 0 Å². The first-order valence-electron chi connectivity index (χ1n) is 7.31. The van der Waals surface area contributed by atoms with Gasteiger partial charge in [-0.05, 0) is 31.2 Å². The molecule has 0 atom stereocenters. The zero-order chi connectivity index (χ0) is 14.5. The van der Waals surface area contributed by atoms with Crippen molar-refractivity contribution in [1.29, 1.82) is 0 Å². The Morgan fingerprint density at radius 1 is 1.19 bits per heavy atom. The standard InChI is InChI=1S/C15H20N2O4/c18-15(12-2-3-13-14(10-12)21-11-20-13)16-4-1-5-17-6-8-19-9-7-17/h2-3,10H,1,4-9,11H2,(H,16,18). The minimum atomic E-state index is -0.0738. The third kappa shape index (κ3) is 3.65. The summed E-state index contributed by atoms with van der Waals surface area (Å²) >= 11 is 0. The highest BCUT2D eigenvalue weighted by atomic mass is 16.7. The lowest BCUT2D eigenvalue weighted by molar-refractivity contribution is 0.0374. The number of amides is 1. The van der Waals surface area contributed by atoms with E-state index in [-0.39, 0.29) is 12.7 Å². The molecule has 2 heterocycles. The van der Waals surface area contributed by atoms with Gasteiger partial charge in [-0.15, -0.1) is 0 Å². The number of carbonyl (C=O) groups is 1. The molecule has 2 aliphatic heterocycles. The Hall–Kier alpha value is -1.79. The largest absolute Gasteiger partial charge is 0.454 e. The zero-order valence-electron chi connectivity index (χ0n) is 12.0. The highest BCUT2D eigenvalue weighted by molar-refractivity contribution is 5.94. The quantitative estimate of drug-likeness (QED) is 0.816. The Labute approximate surface area is 124 Å². The van der Waals surface area contributed by atoms with Gasteiger partial charge in [0.1, 0.15) is 0 Å². The molecule has 0 radical (unpaired) electrons. The smallest absolute Gasteiger partial charge is 0.251 e. The summed E-state index contributed by atoms with van der Waals surface area (Å²) < 4.78 is 15.8. The Kier molecular flexibility index (Phi) is 4.57. The average Bonchev–Trinajstić information content (AvgIpc) is 3.00. The van der Waals surface area contributed by atoms with Crippen molar-refractivity contribution in [3.8, 4) is 11.5 Å². The molecule has 1 aromatic carbocycles. The fourth-order valence-corrected chi connectivity index (χ4v) is 2.47. The molecule has 114 valence electrons. The molecule has 1 saturated heterocycles. The molecule has 0 saturated carbocycles. The van der Waals surface area contributed by atoms with E-state index in [0.717, 1.165) is 39.3 Å². The molecule has 0 unspecified atom stereocenters. The van der Waals surface area contributed by atoms with E-state index in [9.17, 15) is 4.79 Å². The van der Waals surface area contributed by atoms with Crippen molar-refractivity contribution < 1.29 is 19.0 Å². The summed E-state index contributed by atoms with van der Waals surface area (Å²) in [6.07, 6.45) is 0.941. The highest BCUT2D eigenvalue weighted by Crippen LogP contribution is 2.32. The maximum absolute atomic E-state index is 12.1. The van der Waals surface area contributed by atoms with Crippen molar-refractivity contribution in [2.45, 2.75) is 6.42 Å². The number of ether oxygens (including phenoxy) is 3. The summed E-state index contributed by atoms with van der Waals surface area (Å²) in [5.41, 5.74) is 0.602. The number of carbonyl (C=O) groups excluding carboxylic acids is 1. The number of hydrogen-bond acceptors (Lipinski definition) is 5. The van der Waals surface area contributed by atoms with Crippen LogP contribution in [0.25, 0.3) is 0 Å². The van der Waals surface area contributed by atoms with Crippen LogP contribution >= 0.6 is 0 Å². The summed E-state index contributed by atoms with van der Waals surface area (Å²) in [4.78, 5) is 14.4. The van der Waals surface area contributed by atoms with Gasteiger partial charge < -0.3 is 19.5 Å². The number of nitrogens with one attached hydrogen (secondary N) is 1. The van der Waals surface area contributed by atoms with Gasteiger partial charge in [-0.25, -0.2) is 0 Å². The van der Waals surface area contributed by atoms with Gasteiger partial charge in [-0.2, -0.15) is 0 Å². The Balaban J connectivity index is 1.41. The molecule has 6 heteroatoms. The SMILES string of the molecule is O=C(NCCCN1CCOCC1)c1ccc2c(c1)OCO2. The zero-order valence-corrected chi connectivity index (χ0v) is 12.0. The summed E-state index contributed by atoms with van der Waals surface area (Å²) in [6, 6.07) is 5.25. The molecule has 0 spiro atoms. The monoisotopic (exact) mass is 292 g/mol. The number of morpholine rings is 1. The van der Waals surface area contributed by atoms with Gasteiger partial charge in [0, 0.05) is 25.2 Å². The van der Waals surface area contributed by atoms with Gasteiger partial charge in [0.15, 0.2) is 11.5 Å². The van der Waals surface area contributed by atoms with Gasteiger partial charge in [0.2, 0.25) is 6.79 Å². The van der Waals surface area contributed by atoms with E-state index in [1.807, 2.05) is 0 Å². The van der Waals surface area contributed by atoms with Crippen molar-refractivity contribution in [2.75, 3.05) is 46.2 Å². The first-order valence-corrected chi connectivity index (χ1v) is 7.31. The van der Waals surface area contributed by atoms with E-state index >= 15 is 0 Å². The van der Waals surface area contributed by atoms with Crippen LogP contribution in [0, 0.1) is 0 Å². The number of fused-ring (bicyclic) bond motifs is 1. The van der Waals surface area contributed by atoms with E-state index in [1.54, 1.807) is 18.2 Å². The van der Waals surface area contributed by atoms with Crippen LogP contribution in [0.3, 0.4) is 0 Å². The minimum absolute atomic E-state index is 0.0738. The maximum atomic E-state index is 12.1. The van der Waals surface area contributed by atoms with E-state index in [4.69, 9.17) is 14.2 Å². The van der Waals surface area contributed by atoms with Crippen molar-refractivity contribution in [3.05, 3.63) is 23.8 Å². The molecule has 1 N–H and O–H groups in total. The number of rotatable bonds is 5. The van der Waals surface area contributed by atoms with Gasteiger partial charge >= 0.3 is 0 Å². The van der Waals surface area contributed by atoms with E-state index in [0.29, 0.717) is 23.6 Å². The van der Waals surface area contributed by atoms with Crippen molar-refractivity contribution >= 4 is 5.91 Å². The second-order valence-electron chi connectivity index (χ2n) is 5.13. The molecular formula is C15H20N2O4. The van der Waals surface area contributed by atoms with Crippen molar-refractivity contribution in [2.24, 2.45) is 0 Å². The molecule has 3 rings (SSSR count). The number of hydrogen-bond donors (Lipinski definition) is 1. The van der Waals surface area contributed by atoms with E-state index in [1.165, 1.54) is 0 Å². The topological polar surface area (TPSA) is 60.0 Å². The Morgan fingerprint density at radius 3 is 2.86 bits per heavy atom. The molecule has 6 nitrogen and oxygen atoms in total. The first-order chi connectivity index (χ1) is 10.3. The van der Waals surface area contributed by atoms with Crippen LogP contribution in [0.4, 0.5) is 0 Å². The molecule has 0 aliphatic carbocycles. The summed E-state index contributed by atoms with van der Waals surface area (Å²) in [7, 11) is 0. The van der Waals surface area contributed by atoms with Gasteiger partial charge in [0.25, 0.3) is 5.91 Å². The fraction of sp³-hybridized carbons (Fsp3) is 0.533. The fourth-order valence-electron chi connectivity index (χ4n) is 2.47. The second-order valence-corrected chi connectivity index (χ2v) is 5.13. The van der Waals surface area contributed by atoms with Crippen LogP contribution in [0.5, 0.6) is 11.5 Å². The first kappa shape index (κ1) is 14.2. The van der Waals surface area contributed by atoms with Gasteiger partial charge in [0.05, 0.1) is 13.2 Å². The average molecular weight is 292 g/mol. The maximum Gasteiger partial charge on any atom is 0.251 e. The Morgan fingerprint density at radius 2 is 2.00 bits per heavy atom. The second kappa shape index (κ2) is 6.78. The molecule has 1 amide bonds. The lowest BCUT2D eigenvalue weighted by Crippen LogP contribution is -2.38. The third-order valence-electron chi connectivity index (χ3n) is 3.68. The summed E-state index contributed by atoms with van der Waals surface area (Å²) in [6.45, 7) is 5.47. The lowest BCUT2D eigenvalue weighted by atomic mass is 10.2. The van der Waals surface area contributed by atoms with Crippen LogP contribution in [-0.4, -0.2) is 57.0 Å². The summed E-state index contributed by atoms with van der Waals surface area (Å²) in [5.74, 6) is 1.25. The molecule has 2 aliphatic rings. The predicted molar refractivity (Wildman–Crippen MR) is 76.8 cm³/mol.